The third-order valence-electron chi connectivity index (χ3n) is 4.86. The Morgan fingerprint density at radius 3 is 2.77 bits per heavy atom. The quantitative estimate of drug-likeness (QED) is 0.583. The topological polar surface area (TPSA) is 84.4 Å². The van der Waals surface area contributed by atoms with Gasteiger partial charge in [-0.15, -0.1) is 22.0 Å². The summed E-state index contributed by atoms with van der Waals surface area (Å²) in [5.41, 5.74) is 1.31. The molecule has 2 amide bonds. The second-order valence-electron chi connectivity index (χ2n) is 6.71. The van der Waals surface area contributed by atoms with Crippen LogP contribution in [0.1, 0.15) is 27.7 Å². The number of para-hydroxylation sites is 1. The molecule has 0 unspecified atom stereocenters. The molecule has 0 bridgehead atoms. The monoisotopic (exact) mass is 440 g/mol. The van der Waals surface area contributed by atoms with E-state index in [0.717, 1.165) is 15.6 Å². The van der Waals surface area contributed by atoms with Crippen LogP contribution in [0.5, 0.6) is 5.75 Å². The molecule has 154 valence electrons. The molecule has 0 aliphatic carbocycles. The summed E-state index contributed by atoms with van der Waals surface area (Å²) >= 11 is 2.87. The number of thioether (sulfide) groups is 1. The summed E-state index contributed by atoms with van der Waals surface area (Å²) in [6.07, 6.45) is 2.34. The van der Waals surface area contributed by atoms with Crippen LogP contribution in [-0.2, 0) is 4.79 Å². The summed E-state index contributed by atoms with van der Waals surface area (Å²) in [5, 5.41) is 12.2. The molecule has 9 heteroatoms. The van der Waals surface area contributed by atoms with E-state index in [9.17, 15) is 9.59 Å². The number of aromatic nitrogens is 2. The van der Waals surface area contributed by atoms with Gasteiger partial charge in [-0.3, -0.25) is 14.9 Å². The smallest absolute Gasteiger partial charge is 0.261 e. The fraction of sp³-hybridized carbons (Fsp3) is 0.238. The van der Waals surface area contributed by atoms with Crippen molar-refractivity contribution in [1.29, 1.82) is 0 Å². The maximum Gasteiger partial charge on any atom is 0.261 e. The molecule has 1 atom stereocenters. The first kappa shape index (κ1) is 20.4. The van der Waals surface area contributed by atoms with Crippen molar-refractivity contribution in [1.82, 2.24) is 10.2 Å². The average Bonchev–Trinajstić information content (AvgIpc) is 3.40. The minimum atomic E-state index is -0.310. The van der Waals surface area contributed by atoms with E-state index in [4.69, 9.17) is 4.74 Å². The van der Waals surface area contributed by atoms with Crippen LogP contribution in [-0.4, -0.2) is 41.9 Å². The number of carbonyl (C=O) groups excluding carboxylic acids is 2. The molecular weight excluding hydrogens is 420 g/mol. The summed E-state index contributed by atoms with van der Waals surface area (Å²) in [5.74, 6) is 0.210. The van der Waals surface area contributed by atoms with E-state index in [0.29, 0.717) is 29.4 Å². The predicted molar refractivity (Wildman–Crippen MR) is 119 cm³/mol. The van der Waals surface area contributed by atoms with Gasteiger partial charge in [-0.2, -0.15) is 0 Å². The zero-order valence-electron chi connectivity index (χ0n) is 16.5. The summed E-state index contributed by atoms with van der Waals surface area (Å²) in [6, 6.07) is 15.0. The Kier molecular flexibility index (Phi) is 6.01. The molecule has 0 spiro atoms. The van der Waals surface area contributed by atoms with Gasteiger partial charge in [0.2, 0.25) is 11.0 Å². The van der Waals surface area contributed by atoms with Gasteiger partial charge in [-0.25, -0.2) is 0 Å². The van der Waals surface area contributed by atoms with E-state index < -0.39 is 0 Å². The Labute approximate surface area is 182 Å². The Morgan fingerprint density at radius 2 is 2.03 bits per heavy atom. The first-order valence-corrected chi connectivity index (χ1v) is 11.4. The van der Waals surface area contributed by atoms with Crippen LogP contribution in [0, 0.1) is 0 Å². The molecule has 0 saturated carbocycles. The second kappa shape index (κ2) is 8.85. The Hall–Kier alpha value is -2.91. The Balaban J connectivity index is 1.46. The van der Waals surface area contributed by atoms with Gasteiger partial charge in [0.25, 0.3) is 5.91 Å². The molecule has 1 aliphatic heterocycles. The fourth-order valence-electron chi connectivity index (χ4n) is 3.33. The number of hydrogen-bond donors (Lipinski definition) is 1. The number of nitrogens with one attached hydrogen (secondary N) is 1. The fourth-order valence-corrected chi connectivity index (χ4v) is 4.59. The second-order valence-corrected chi connectivity index (χ2v) is 8.60. The van der Waals surface area contributed by atoms with Crippen LogP contribution in [0.15, 0.2) is 53.4 Å². The zero-order valence-corrected chi connectivity index (χ0v) is 18.1. The van der Waals surface area contributed by atoms with Gasteiger partial charge in [0.15, 0.2) is 0 Å². The van der Waals surface area contributed by atoms with Crippen LogP contribution in [0.4, 0.5) is 10.8 Å². The summed E-state index contributed by atoms with van der Waals surface area (Å²) in [6.45, 7) is 0.551. The van der Waals surface area contributed by atoms with Crippen LogP contribution < -0.4 is 15.0 Å². The van der Waals surface area contributed by atoms with Gasteiger partial charge in [0.1, 0.15) is 10.8 Å². The number of rotatable bonds is 6. The lowest BCUT2D eigenvalue weighted by atomic mass is 10.1. The normalized spacial score (nSPS) is 16.0. The SMILES string of the molecule is COc1cc(SC)ccc1C(=O)Nc1nnc([C@H]2CC(=O)N(c3ccccc3)C2)s1. The summed E-state index contributed by atoms with van der Waals surface area (Å²) < 4.78 is 5.35. The summed E-state index contributed by atoms with van der Waals surface area (Å²) in [7, 11) is 1.54. The molecule has 1 aromatic heterocycles. The first-order chi connectivity index (χ1) is 14.6. The lowest BCUT2D eigenvalue weighted by molar-refractivity contribution is -0.117. The van der Waals surface area contributed by atoms with Crippen molar-refractivity contribution in [3.05, 3.63) is 59.1 Å². The van der Waals surface area contributed by atoms with Gasteiger partial charge in [0.05, 0.1) is 12.7 Å². The van der Waals surface area contributed by atoms with Crippen molar-refractivity contribution in [2.75, 3.05) is 30.1 Å². The van der Waals surface area contributed by atoms with Crippen LogP contribution in [0.25, 0.3) is 0 Å². The molecule has 30 heavy (non-hydrogen) atoms. The van der Waals surface area contributed by atoms with E-state index >= 15 is 0 Å². The van der Waals surface area contributed by atoms with E-state index in [-0.39, 0.29) is 17.7 Å². The molecule has 2 aromatic carbocycles. The standard InChI is InChI=1S/C21H20N4O3S2/c1-28-17-11-15(29-2)8-9-16(17)19(27)22-21-24-23-20(30-21)13-10-18(26)25(12-13)14-6-4-3-5-7-14/h3-9,11,13H,10,12H2,1-2H3,(H,22,24,27)/t13-/m0/s1. The number of benzene rings is 2. The largest absolute Gasteiger partial charge is 0.496 e. The molecule has 7 nitrogen and oxygen atoms in total. The number of hydrogen-bond acceptors (Lipinski definition) is 7. The number of anilines is 2. The Morgan fingerprint density at radius 1 is 1.23 bits per heavy atom. The van der Waals surface area contributed by atoms with Crippen LogP contribution >= 0.6 is 23.1 Å². The third kappa shape index (κ3) is 4.17. The van der Waals surface area contributed by atoms with Crippen molar-refractivity contribution in [3.63, 3.8) is 0 Å². The third-order valence-corrected chi connectivity index (χ3v) is 6.58. The molecule has 2 heterocycles. The highest BCUT2D eigenvalue weighted by Gasteiger charge is 2.34. The molecule has 3 aromatic rings. The number of nitrogens with zero attached hydrogens (tertiary/aromatic N) is 3. The van der Waals surface area contributed by atoms with Crippen LogP contribution in [0.2, 0.25) is 0 Å². The molecule has 1 fully saturated rings. The number of methoxy groups -OCH3 is 1. The van der Waals surface area contributed by atoms with Gasteiger partial charge in [0, 0.05) is 29.5 Å². The van der Waals surface area contributed by atoms with Crippen molar-refractivity contribution < 1.29 is 14.3 Å². The summed E-state index contributed by atoms with van der Waals surface area (Å²) in [4.78, 5) is 27.9. The minimum Gasteiger partial charge on any atom is -0.496 e. The first-order valence-electron chi connectivity index (χ1n) is 9.31. The lowest BCUT2D eigenvalue weighted by Crippen LogP contribution is -2.24. The van der Waals surface area contributed by atoms with Crippen LogP contribution in [0.3, 0.4) is 0 Å². The van der Waals surface area contributed by atoms with Gasteiger partial charge in [-0.1, -0.05) is 29.5 Å². The lowest BCUT2D eigenvalue weighted by Gasteiger charge is -2.15. The highest BCUT2D eigenvalue weighted by Crippen LogP contribution is 2.34. The van der Waals surface area contributed by atoms with Gasteiger partial charge < -0.3 is 9.64 Å². The van der Waals surface area contributed by atoms with Crippen molar-refractivity contribution in [2.45, 2.75) is 17.2 Å². The maximum absolute atomic E-state index is 12.7. The number of amides is 2. The highest BCUT2D eigenvalue weighted by atomic mass is 32.2. The minimum absolute atomic E-state index is 0.0451. The van der Waals surface area contributed by atoms with Gasteiger partial charge >= 0.3 is 0 Å². The molecule has 1 N–H and O–H groups in total. The predicted octanol–water partition coefficient (Wildman–Crippen LogP) is 4.04. The number of ether oxygens (including phenoxy) is 1. The highest BCUT2D eigenvalue weighted by molar-refractivity contribution is 7.98. The molecule has 1 saturated heterocycles. The molecule has 0 radical (unpaired) electrons. The molecule has 1 aliphatic rings. The van der Waals surface area contributed by atoms with Crippen molar-refractivity contribution in [2.24, 2.45) is 0 Å². The molecular formula is C21H20N4O3S2. The zero-order chi connectivity index (χ0) is 21.1. The van der Waals surface area contributed by atoms with E-state index in [1.807, 2.05) is 48.7 Å². The van der Waals surface area contributed by atoms with Crippen molar-refractivity contribution in [3.8, 4) is 5.75 Å². The maximum atomic E-state index is 12.7. The molecule has 4 rings (SSSR count). The van der Waals surface area contributed by atoms with E-state index in [1.54, 1.807) is 22.7 Å². The average molecular weight is 441 g/mol. The van der Waals surface area contributed by atoms with E-state index in [2.05, 4.69) is 15.5 Å². The van der Waals surface area contributed by atoms with Gasteiger partial charge in [-0.05, 0) is 36.6 Å². The Bertz CT molecular complexity index is 1070. The van der Waals surface area contributed by atoms with Crippen molar-refractivity contribution >= 4 is 45.7 Å². The number of carbonyl (C=O) groups is 2. The van der Waals surface area contributed by atoms with E-state index in [1.165, 1.54) is 18.4 Å².